The highest BCUT2D eigenvalue weighted by Crippen LogP contribution is 2.17. The molecule has 0 aromatic carbocycles. The van der Waals surface area contributed by atoms with Crippen LogP contribution in [0, 0.1) is 11.3 Å². The predicted octanol–water partition coefficient (Wildman–Crippen LogP) is 0.917. The number of nitrogens with one attached hydrogen (secondary N) is 2. The summed E-state index contributed by atoms with van der Waals surface area (Å²) >= 11 is 0. The molecule has 2 rings (SSSR count). The van der Waals surface area contributed by atoms with Crippen LogP contribution in [0.2, 0.25) is 0 Å². The number of rotatable bonds is 1. The largest absolute Gasteiger partial charge is 0.322 e. The zero-order valence-corrected chi connectivity index (χ0v) is 6.83. The van der Waals surface area contributed by atoms with Crippen LogP contribution in [0.1, 0.15) is 13.3 Å². The maximum atomic E-state index is 7.31. The van der Waals surface area contributed by atoms with Crippen LogP contribution in [-0.4, -0.2) is 17.9 Å². The molecule has 0 saturated carbocycles. The van der Waals surface area contributed by atoms with Crippen LogP contribution in [-0.2, 0) is 0 Å². The second kappa shape index (κ2) is 2.55. The van der Waals surface area contributed by atoms with Gasteiger partial charge < -0.3 is 5.32 Å². The fourth-order valence-electron chi connectivity index (χ4n) is 1.37. The lowest BCUT2D eigenvalue weighted by molar-refractivity contribution is 0.864. The second-order valence-electron chi connectivity index (χ2n) is 2.83. The molecular formula is C8H10N4. The Morgan fingerprint density at radius 3 is 3.25 bits per heavy atom. The second-order valence-corrected chi connectivity index (χ2v) is 2.83. The average Bonchev–Trinajstić information content (AvgIpc) is 2.44. The van der Waals surface area contributed by atoms with E-state index in [0.29, 0.717) is 0 Å². The zero-order chi connectivity index (χ0) is 8.55. The lowest BCUT2D eigenvalue weighted by Crippen LogP contribution is -2.23. The molecule has 2 aliphatic rings. The molecular weight excluding hydrogens is 152 g/mol. The fraction of sp³-hybridized carbons (Fsp3) is 0.375. The molecule has 0 aromatic rings. The highest BCUT2D eigenvalue weighted by atomic mass is 15.2. The van der Waals surface area contributed by atoms with Crippen molar-refractivity contribution in [2.75, 3.05) is 0 Å². The Bertz CT molecular complexity index is 311. The Kier molecular flexibility index (Phi) is 1.53. The molecule has 2 heterocycles. The minimum absolute atomic E-state index is 0.222. The molecule has 1 unspecified atom stereocenters. The van der Waals surface area contributed by atoms with Gasteiger partial charge in [0.15, 0.2) is 0 Å². The number of nitrogens with zero attached hydrogens (tertiary/aromatic N) is 2. The van der Waals surface area contributed by atoms with Crippen molar-refractivity contribution in [1.82, 2.24) is 5.32 Å². The van der Waals surface area contributed by atoms with Crippen molar-refractivity contribution in [3.8, 4) is 0 Å². The summed E-state index contributed by atoms with van der Waals surface area (Å²) in [5, 5.41) is 10.2. The molecule has 62 valence electrons. The van der Waals surface area contributed by atoms with E-state index in [1.54, 1.807) is 6.20 Å². The fourth-order valence-corrected chi connectivity index (χ4v) is 1.37. The van der Waals surface area contributed by atoms with E-state index in [1.165, 1.54) is 0 Å². The van der Waals surface area contributed by atoms with Crippen LogP contribution in [0.5, 0.6) is 0 Å². The van der Waals surface area contributed by atoms with Gasteiger partial charge in [0.05, 0.1) is 17.6 Å². The highest BCUT2D eigenvalue weighted by molar-refractivity contribution is 6.19. The molecule has 0 aliphatic carbocycles. The number of aliphatic imine (C=N–C) groups is 2. The molecule has 4 nitrogen and oxygen atoms in total. The van der Waals surface area contributed by atoms with Crippen LogP contribution >= 0.6 is 0 Å². The molecule has 0 amide bonds. The molecule has 2 aliphatic heterocycles. The van der Waals surface area contributed by atoms with Crippen molar-refractivity contribution in [2.24, 2.45) is 15.9 Å². The molecule has 2 N–H and O–H groups in total. The van der Waals surface area contributed by atoms with Crippen molar-refractivity contribution < 1.29 is 0 Å². The SMILES string of the molecule is CCC1C=NC=C2NC(=N)N=C21. The molecule has 0 fully saturated rings. The summed E-state index contributed by atoms with van der Waals surface area (Å²) in [5.74, 6) is 0.501. The van der Waals surface area contributed by atoms with Crippen LogP contribution in [0.4, 0.5) is 0 Å². The summed E-state index contributed by atoms with van der Waals surface area (Å²) < 4.78 is 0. The maximum absolute atomic E-state index is 7.31. The first kappa shape index (κ1) is 7.21. The summed E-state index contributed by atoms with van der Waals surface area (Å²) in [4.78, 5) is 8.17. The van der Waals surface area contributed by atoms with E-state index in [2.05, 4.69) is 22.2 Å². The van der Waals surface area contributed by atoms with Gasteiger partial charge >= 0.3 is 0 Å². The zero-order valence-electron chi connectivity index (χ0n) is 6.83. The van der Waals surface area contributed by atoms with Crippen molar-refractivity contribution in [3.63, 3.8) is 0 Å². The van der Waals surface area contributed by atoms with E-state index in [1.807, 2.05) is 6.21 Å². The van der Waals surface area contributed by atoms with E-state index in [0.717, 1.165) is 17.8 Å². The van der Waals surface area contributed by atoms with Gasteiger partial charge in [-0.3, -0.25) is 10.4 Å². The summed E-state index contributed by atoms with van der Waals surface area (Å²) in [6, 6.07) is 0. The summed E-state index contributed by atoms with van der Waals surface area (Å²) in [6.07, 6.45) is 4.57. The van der Waals surface area contributed by atoms with Crippen LogP contribution in [0.15, 0.2) is 21.9 Å². The van der Waals surface area contributed by atoms with Crippen molar-refractivity contribution in [1.29, 1.82) is 5.41 Å². The predicted molar refractivity (Wildman–Crippen MR) is 48.7 cm³/mol. The Balaban J connectivity index is 2.36. The van der Waals surface area contributed by atoms with Gasteiger partial charge in [-0.05, 0) is 6.42 Å². The van der Waals surface area contributed by atoms with Crippen molar-refractivity contribution >= 4 is 17.9 Å². The van der Waals surface area contributed by atoms with Gasteiger partial charge in [0, 0.05) is 12.1 Å². The van der Waals surface area contributed by atoms with Crippen LogP contribution < -0.4 is 5.32 Å². The van der Waals surface area contributed by atoms with Gasteiger partial charge in [0.25, 0.3) is 0 Å². The standard InChI is InChI=1S/C8H10N4/c1-2-5-3-10-4-6-7(5)12-8(9)11-6/h3-5H,2H2,1H3,(H2,9,11). The van der Waals surface area contributed by atoms with Gasteiger partial charge in [-0.1, -0.05) is 6.92 Å². The Labute approximate surface area is 70.6 Å². The Hall–Kier alpha value is -1.45. The normalized spacial score (nSPS) is 26.1. The number of allylic oxidation sites excluding steroid dienone is 1. The Morgan fingerprint density at radius 1 is 1.67 bits per heavy atom. The lowest BCUT2D eigenvalue weighted by atomic mass is 9.98. The van der Waals surface area contributed by atoms with Gasteiger partial charge in [0.1, 0.15) is 0 Å². The molecule has 12 heavy (non-hydrogen) atoms. The van der Waals surface area contributed by atoms with Crippen LogP contribution in [0.25, 0.3) is 0 Å². The highest BCUT2D eigenvalue weighted by Gasteiger charge is 2.25. The van der Waals surface area contributed by atoms with Gasteiger partial charge in [-0.25, -0.2) is 4.99 Å². The summed E-state index contributed by atoms with van der Waals surface area (Å²) in [6.45, 7) is 2.09. The minimum Gasteiger partial charge on any atom is -0.322 e. The third-order valence-electron chi connectivity index (χ3n) is 2.02. The maximum Gasteiger partial charge on any atom is 0.220 e. The van der Waals surface area contributed by atoms with E-state index >= 15 is 0 Å². The molecule has 0 saturated heterocycles. The third kappa shape index (κ3) is 0.958. The molecule has 4 heteroatoms. The lowest BCUT2D eigenvalue weighted by Gasteiger charge is -2.12. The summed E-state index contributed by atoms with van der Waals surface area (Å²) in [7, 11) is 0. The Morgan fingerprint density at radius 2 is 2.50 bits per heavy atom. The first-order valence-electron chi connectivity index (χ1n) is 3.99. The number of fused-ring (bicyclic) bond motifs is 1. The van der Waals surface area contributed by atoms with E-state index in [9.17, 15) is 0 Å². The van der Waals surface area contributed by atoms with E-state index in [4.69, 9.17) is 5.41 Å². The smallest absolute Gasteiger partial charge is 0.220 e. The number of hydrogen-bond acceptors (Lipinski definition) is 2. The summed E-state index contributed by atoms with van der Waals surface area (Å²) in [5.41, 5.74) is 1.84. The van der Waals surface area contributed by atoms with Crippen molar-refractivity contribution in [3.05, 3.63) is 11.9 Å². The number of guanidine groups is 1. The van der Waals surface area contributed by atoms with Crippen molar-refractivity contribution in [2.45, 2.75) is 13.3 Å². The molecule has 0 spiro atoms. The van der Waals surface area contributed by atoms with Gasteiger partial charge in [-0.15, -0.1) is 0 Å². The first-order valence-corrected chi connectivity index (χ1v) is 3.99. The molecule has 1 atom stereocenters. The monoisotopic (exact) mass is 162 g/mol. The van der Waals surface area contributed by atoms with Gasteiger partial charge in [-0.2, -0.15) is 0 Å². The topological polar surface area (TPSA) is 60.6 Å². The van der Waals surface area contributed by atoms with Crippen LogP contribution in [0.3, 0.4) is 0 Å². The molecule has 0 radical (unpaired) electrons. The third-order valence-corrected chi connectivity index (χ3v) is 2.02. The molecule has 0 aromatic heterocycles. The average molecular weight is 162 g/mol. The van der Waals surface area contributed by atoms with E-state index < -0.39 is 0 Å². The van der Waals surface area contributed by atoms with Gasteiger partial charge in [0.2, 0.25) is 5.96 Å². The first-order chi connectivity index (χ1) is 5.81. The quantitative estimate of drug-likeness (QED) is 0.591. The molecule has 0 bridgehead atoms. The minimum atomic E-state index is 0.222. The number of hydrogen-bond donors (Lipinski definition) is 2. The van der Waals surface area contributed by atoms with E-state index in [-0.39, 0.29) is 11.9 Å².